The maximum Gasteiger partial charge on any atom is 0.338 e. The van der Waals surface area contributed by atoms with Crippen LogP contribution in [0, 0.1) is 0 Å². The Bertz CT molecular complexity index is 689. The highest BCUT2D eigenvalue weighted by atomic mass is 19.1. The van der Waals surface area contributed by atoms with Crippen molar-refractivity contribution in [3.05, 3.63) is 36.0 Å². The second kappa shape index (κ2) is 6.30. The van der Waals surface area contributed by atoms with Crippen molar-refractivity contribution >= 4 is 22.6 Å². The number of esters is 1. The molecule has 1 aromatic carbocycles. The zero-order valence-corrected chi connectivity index (χ0v) is 12.6. The number of fused-ring (bicyclic) bond motifs is 1. The van der Waals surface area contributed by atoms with Gasteiger partial charge in [-0.15, -0.1) is 0 Å². The van der Waals surface area contributed by atoms with Gasteiger partial charge < -0.3 is 9.64 Å². The zero-order valence-electron chi connectivity index (χ0n) is 12.6. The van der Waals surface area contributed by atoms with Crippen molar-refractivity contribution in [1.82, 2.24) is 4.98 Å². The molecule has 0 aliphatic carbocycles. The maximum atomic E-state index is 13.3. The van der Waals surface area contributed by atoms with E-state index in [0.29, 0.717) is 5.56 Å². The minimum Gasteiger partial charge on any atom is -0.465 e. The van der Waals surface area contributed by atoms with Crippen LogP contribution in [0.5, 0.6) is 0 Å². The molecule has 0 N–H and O–H groups in total. The number of piperidine rings is 1. The van der Waals surface area contributed by atoms with Crippen LogP contribution in [-0.2, 0) is 4.74 Å². The molecule has 0 saturated carbocycles. The molecule has 4 nitrogen and oxygen atoms in total. The Morgan fingerprint density at radius 1 is 1.41 bits per heavy atom. The first-order valence-corrected chi connectivity index (χ1v) is 7.54. The topological polar surface area (TPSA) is 42.4 Å². The van der Waals surface area contributed by atoms with E-state index in [-0.39, 0.29) is 18.7 Å². The Kier molecular flexibility index (Phi) is 4.22. The highest BCUT2D eigenvalue weighted by Crippen LogP contribution is 2.29. The fourth-order valence-corrected chi connectivity index (χ4v) is 3.10. The monoisotopic (exact) mass is 302 g/mol. The minimum atomic E-state index is -0.384. The summed E-state index contributed by atoms with van der Waals surface area (Å²) in [5.41, 5.74) is 2.16. The van der Waals surface area contributed by atoms with Gasteiger partial charge in [-0.05, 0) is 43.5 Å². The summed E-state index contributed by atoms with van der Waals surface area (Å²) in [6.07, 6.45) is 4.59. The Balaban J connectivity index is 2.06. The van der Waals surface area contributed by atoms with E-state index in [4.69, 9.17) is 4.74 Å². The van der Waals surface area contributed by atoms with Gasteiger partial charge in [0.15, 0.2) is 0 Å². The molecule has 0 spiro atoms. The number of carbonyl (C=O) groups excluding carboxylic acids is 1. The second-order valence-electron chi connectivity index (χ2n) is 5.55. The summed E-state index contributed by atoms with van der Waals surface area (Å²) < 4.78 is 18.1. The number of benzene rings is 1. The molecule has 1 fully saturated rings. The van der Waals surface area contributed by atoms with Gasteiger partial charge in [0.1, 0.15) is 6.67 Å². The normalized spacial score (nSPS) is 18.5. The van der Waals surface area contributed by atoms with Gasteiger partial charge in [-0.3, -0.25) is 4.98 Å². The molecule has 2 aromatic rings. The number of alkyl halides is 1. The van der Waals surface area contributed by atoms with Gasteiger partial charge in [-0.1, -0.05) is 0 Å². The summed E-state index contributed by atoms with van der Waals surface area (Å²) in [5, 5.41) is 0.745. The molecule has 0 bridgehead atoms. The lowest BCUT2D eigenvalue weighted by molar-refractivity contribution is 0.0603. The van der Waals surface area contributed by atoms with Crippen LogP contribution in [0.4, 0.5) is 10.1 Å². The van der Waals surface area contributed by atoms with Gasteiger partial charge in [-0.2, -0.15) is 0 Å². The van der Waals surface area contributed by atoms with Gasteiger partial charge in [-0.25, -0.2) is 9.18 Å². The first-order valence-electron chi connectivity index (χ1n) is 7.54. The first kappa shape index (κ1) is 14.8. The number of halogens is 1. The third-order valence-electron chi connectivity index (χ3n) is 4.27. The quantitative estimate of drug-likeness (QED) is 0.815. The van der Waals surface area contributed by atoms with Crippen LogP contribution in [0.3, 0.4) is 0 Å². The number of aromatic nitrogens is 1. The van der Waals surface area contributed by atoms with Crippen LogP contribution in [0.25, 0.3) is 10.9 Å². The SMILES string of the molecule is COC(=O)c1ccnc2ccc(N3CCCCC3CF)cc12. The van der Waals surface area contributed by atoms with Gasteiger partial charge in [0.05, 0.1) is 24.2 Å². The van der Waals surface area contributed by atoms with E-state index in [1.165, 1.54) is 7.11 Å². The molecular formula is C17H19FN2O2. The Morgan fingerprint density at radius 3 is 3.05 bits per heavy atom. The summed E-state index contributed by atoms with van der Waals surface area (Å²) in [5.74, 6) is -0.384. The van der Waals surface area contributed by atoms with Gasteiger partial charge in [0, 0.05) is 23.8 Å². The highest BCUT2D eigenvalue weighted by Gasteiger charge is 2.23. The van der Waals surface area contributed by atoms with Crippen molar-refractivity contribution in [2.24, 2.45) is 0 Å². The Hall–Kier alpha value is -2.17. The first-order chi connectivity index (χ1) is 10.7. The zero-order chi connectivity index (χ0) is 15.5. The van der Waals surface area contributed by atoms with Crippen molar-refractivity contribution in [2.75, 3.05) is 25.2 Å². The van der Waals surface area contributed by atoms with Crippen LogP contribution < -0.4 is 4.90 Å². The Morgan fingerprint density at radius 2 is 2.27 bits per heavy atom. The molecule has 1 unspecified atom stereocenters. The van der Waals surface area contributed by atoms with Crippen LogP contribution in [0.1, 0.15) is 29.6 Å². The number of nitrogens with zero attached hydrogens (tertiary/aromatic N) is 2. The van der Waals surface area contributed by atoms with Crippen molar-refractivity contribution in [3.63, 3.8) is 0 Å². The molecule has 2 heterocycles. The molecule has 3 rings (SSSR count). The van der Waals surface area contributed by atoms with Crippen LogP contribution in [0.15, 0.2) is 30.5 Å². The van der Waals surface area contributed by atoms with E-state index in [1.54, 1.807) is 12.3 Å². The fourth-order valence-electron chi connectivity index (χ4n) is 3.10. The molecule has 1 saturated heterocycles. The highest BCUT2D eigenvalue weighted by molar-refractivity contribution is 6.04. The standard InChI is InChI=1S/C17H19FN2O2/c1-22-17(21)14-7-8-19-16-6-5-12(10-15(14)16)20-9-3-2-4-13(20)11-18/h5-8,10,13H,2-4,9,11H2,1H3. The molecule has 1 aliphatic rings. The number of ether oxygens (including phenoxy) is 1. The van der Waals surface area contributed by atoms with Crippen LogP contribution in [-0.4, -0.2) is 37.3 Å². The summed E-state index contributed by atoms with van der Waals surface area (Å²) in [6, 6.07) is 7.32. The fraction of sp³-hybridized carbons (Fsp3) is 0.412. The number of pyridine rings is 1. The van der Waals surface area contributed by atoms with E-state index in [0.717, 1.165) is 42.4 Å². The second-order valence-corrected chi connectivity index (χ2v) is 5.55. The third kappa shape index (κ3) is 2.63. The van der Waals surface area contributed by atoms with Crippen molar-refractivity contribution in [1.29, 1.82) is 0 Å². The van der Waals surface area contributed by atoms with Gasteiger partial charge in [0.25, 0.3) is 0 Å². The van der Waals surface area contributed by atoms with Crippen molar-refractivity contribution in [2.45, 2.75) is 25.3 Å². The largest absolute Gasteiger partial charge is 0.465 e. The number of hydrogen-bond acceptors (Lipinski definition) is 4. The maximum absolute atomic E-state index is 13.3. The van der Waals surface area contributed by atoms with E-state index in [9.17, 15) is 9.18 Å². The van der Waals surface area contributed by atoms with Gasteiger partial charge >= 0.3 is 5.97 Å². The number of hydrogen-bond donors (Lipinski definition) is 0. The predicted octanol–water partition coefficient (Wildman–Crippen LogP) is 3.35. The molecule has 0 radical (unpaired) electrons. The summed E-state index contributed by atoms with van der Waals surface area (Å²) in [6.45, 7) is 0.489. The van der Waals surface area contributed by atoms with Gasteiger partial charge in [0.2, 0.25) is 0 Å². The smallest absolute Gasteiger partial charge is 0.338 e. The van der Waals surface area contributed by atoms with Crippen LogP contribution in [0.2, 0.25) is 0 Å². The van der Waals surface area contributed by atoms with Crippen molar-refractivity contribution < 1.29 is 13.9 Å². The summed E-state index contributed by atoms with van der Waals surface area (Å²) >= 11 is 0. The summed E-state index contributed by atoms with van der Waals surface area (Å²) in [4.78, 5) is 18.3. The predicted molar refractivity (Wildman–Crippen MR) is 84.0 cm³/mol. The van der Waals surface area contributed by atoms with E-state index in [1.807, 2.05) is 18.2 Å². The van der Waals surface area contributed by atoms with E-state index in [2.05, 4.69) is 9.88 Å². The molecule has 1 atom stereocenters. The average Bonchev–Trinajstić information content (AvgIpc) is 2.60. The lowest BCUT2D eigenvalue weighted by atomic mass is 10.0. The van der Waals surface area contributed by atoms with Crippen molar-refractivity contribution in [3.8, 4) is 0 Å². The number of rotatable bonds is 3. The molecule has 22 heavy (non-hydrogen) atoms. The summed E-state index contributed by atoms with van der Waals surface area (Å²) in [7, 11) is 1.36. The lowest BCUT2D eigenvalue weighted by Gasteiger charge is -2.36. The number of anilines is 1. The molecule has 1 aliphatic heterocycles. The molecular weight excluding hydrogens is 283 g/mol. The molecule has 116 valence electrons. The number of methoxy groups -OCH3 is 1. The number of carbonyl (C=O) groups is 1. The third-order valence-corrected chi connectivity index (χ3v) is 4.27. The molecule has 5 heteroatoms. The minimum absolute atomic E-state index is 0.0792. The lowest BCUT2D eigenvalue weighted by Crippen LogP contribution is -2.40. The van der Waals surface area contributed by atoms with Crippen LogP contribution >= 0.6 is 0 Å². The molecule has 1 aromatic heterocycles. The molecule has 0 amide bonds. The van der Waals surface area contributed by atoms with E-state index < -0.39 is 0 Å². The Labute approximate surface area is 128 Å². The average molecular weight is 302 g/mol. The van der Waals surface area contributed by atoms with E-state index >= 15 is 0 Å².